The molecule has 1 aliphatic rings. The molecular weight excluding hydrogens is 344 g/mol. The predicted molar refractivity (Wildman–Crippen MR) is 87.5 cm³/mol. The van der Waals surface area contributed by atoms with Gasteiger partial charge in [-0.2, -0.15) is 0 Å². The molecule has 1 saturated heterocycles. The number of benzene rings is 1. The van der Waals surface area contributed by atoms with Crippen LogP contribution in [0.25, 0.3) is 0 Å². The lowest BCUT2D eigenvalue weighted by atomic mass is 10.00. The standard InChI is InChI=1S/C15H19ClO6S/c1-3-19-14-12(18)13(11(17)8(2)20-14)22-15(23)21-10-6-4-9(16)5-7-10/h4-8,11-14,17-18H,3H2,1-2H3/t8-,11-,12+,13+,14+/m0/s1. The van der Waals surface area contributed by atoms with Gasteiger partial charge >= 0.3 is 5.24 Å². The summed E-state index contributed by atoms with van der Waals surface area (Å²) in [5.74, 6) is 0.435. The summed E-state index contributed by atoms with van der Waals surface area (Å²) in [6, 6.07) is 6.54. The second kappa shape index (κ2) is 8.23. The maximum atomic E-state index is 10.2. The van der Waals surface area contributed by atoms with Crippen LogP contribution in [0, 0.1) is 0 Å². The molecule has 1 aliphatic heterocycles. The summed E-state index contributed by atoms with van der Waals surface area (Å²) in [7, 11) is 0. The van der Waals surface area contributed by atoms with Gasteiger partial charge in [-0.3, -0.25) is 0 Å². The molecule has 2 N–H and O–H groups in total. The zero-order valence-corrected chi connectivity index (χ0v) is 14.3. The van der Waals surface area contributed by atoms with Gasteiger partial charge in [0.15, 0.2) is 12.4 Å². The summed E-state index contributed by atoms with van der Waals surface area (Å²) in [4.78, 5) is 0. The van der Waals surface area contributed by atoms with Crippen molar-refractivity contribution in [1.29, 1.82) is 0 Å². The van der Waals surface area contributed by atoms with Crippen LogP contribution in [0.3, 0.4) is 0 Å². The Morgan fingerprint density at radius 3 is 2.52 bits per heavy atom. The average molecular weight is 363 g/mol. The van der Waals surface area contributed by atoms with Gasteiger partial charge in [0, 0.05) is 23.8 Å². The Labute approximate surface area is 144 Å². The minimum atomic E-state index is -1.20. The second-order valence-electron chi connectivity index (χ2n) is 5.03. The number of rotatable bonds is 4. The van der Waals surface area contributed by atoms with Gasteiger partial charge in [-0.1, -0.05) is 11.6 Å². The summed E-state index contributed by atoms with van der Waals surface area (Å²) in [5.41, 5.74) is 0. The molecule has 1 fully saturated rings. The average Bonchev–Trinajstić information content (AvgIpc) is 2.51. The van der Waals surface area contributed by atoms with Crippen LogP contribution in [0.1, 0.15) is 13.8 Å². The number of aliphatic hydroxyl groups excluding tert-OH is 2. The van der Waals surface area contributed by atoms with Crippen molar-refractivity contribution in [1.82, 2.24) is 0 Å². The number of hydrogen-bond acceptors (Lipinski definition) is 7. The van der Waals surface area contributed by atoms with E-state index in [1.54, 1.807) is 38.1 Å². The van der Waals surface area contributed by atoms with Crippen molar-refractivity contribution in [2.24, 2.45) is 0 Å². The van der Waals surface area contributed by atoms with E-state index in [0.717, 1.165) is 0 Å². The van der Waals surface area contributed by atoms with Crippen LogP contribution in [-0.4, -0.2) is 52.8 Å². The maximum absolute atomic E-state index is 10.2. The van der Waals surface area contributed by atoms with Gasteiger partial charge in [0.1, 0.15) is 18.0 Å². The van der Waals surface area contributed by atoms with Gasteiger partial charge in [0.05, 0.1) is 6.10 Å². The van der Waals surface area contributed by atoms with Crippen LogP contribution >= 0.6 is 23.8 Å². The van der Waals surface area contributed by atoms with Gasteiger partial charge in [0.25, 0.3) is 0 Å². The SMILES string of the molecule is CCO[C@@H]1O[C@@H](C)[C@H](O)[C@@H](OC(=S)Oc2ccc(Cl)cc2)[C@H]1O. The summed E-state index contributed by atoms with van der Waals surface area (Å²) in [6.45, 7) is 3.78. The summed E-state index contributed by atoms with van der Waals surface area (Å²) < 4.78 is 21.4. The normalized spacial score (nSPS) is 30.7. The monoisotopic (exact) mass is 362 g/mol. The first-order chi connectivity index (χ1) is 10.9. The van der Waals surface area contributed by atoms with E-state index < -0.39 is 30.7 Å². The van der Waals surface area contributed by atoms with Gasteiger partial charge in [-0.25, -0.2) is 0 Å². The number of ether oxygens (including phenoxy) is 4. The Morgan fingerprint density at radius 2 is 1.91 bits per heavy atom. The first-order valence-electron chi connectivity index (χ1n) is 7.19. The molecule has 5 atom stereocenters. The lowest BCUT2D eigenvalue weighted by molar-refractivity contribution is -0.290. The molecule has 2 rings (SSSR count). The highest BCUT2D eigenvalue weighted by Crippen LogP contribution is 2.25. The third kappa shape index (κ3) is 4.76. The van der Waals surface area contributed by atoms with Crippen molar-refractivity contribution < 1.29 is 29.2 Å². The van der Waals surface area contributed by atoms with E-state index in [1.807, 2.05) is 0 Å². The minimum absolute atomic E-state index is 0.222. The van der Waals surface area contributed by atoms with Crippen molar-refractivity contribution >= 4 is 29.1 Å². The molecule has 0 aromatic heterocycles. The zero-order valence-electron chi connectivity index (χ0n) is 12.7. The van der Waals surface area contributed by atoms with Crippen LogP contribution in [0.15, 0.2) is 24.3 Å². The molecule has 23 heavy (non-hydrogen) atoms. The van der Waals surface area contributed by atoms with Gasteiger partial charge < -0.3 is 29.2 Å². The first kappa shape index (κ1) is 18.4. The predicted octanol–water partition coefficient (Wildman–Crippen LogP) is 1.89. The van der Waals surface area contributed by atoms with Crippen LogP contribution in [0.4, 0.5) is 0 Å². The first-order valence-corrected chi connectivity index (χ1v) is 7.98. The highest BCUT2D eigenvalue weighted by atomic mass is 35.5. The highest BCUT2D eigenvalue weighted by Gasteiger charge is 2.45. The van der Waals surface area contributed by atoms with E-state index in [4.69, 9.17) is 42.8 Å². The van der Waals surface area contributed by atoms with Crippen LogP contribution < -0.4 is 4.74 Å². The summed E-state index contributed by atoms with van der Waals surface area (Å²) >= 11 is 10.8. The zero-order chi connectivity index (χ0) is 17.0. The van der Waals surface area contributed by atoms with Crippen LogP contribution in [-0.2, 0) is 14.2 Å². The maximum Gasteiger partial charge on any atom is 0.358 e. The van der Waals surface area contributed by atoms with Crippen molar-refractivity contribution in [3.8, 4) is 5.75 Å². The number of thiocarbonyl (C=S) groups is 1. The lowest BCUT2D eigenvalue weighted by Crippen LogP contribution is -2.59. The van der Waals surface area contributed by atoms with Gasteiger partial charge in [-0.15, -0.1) is 0 Å². The minimum Gasteiger partial charge on any atom is -0.447 e. The van der Waals surface area contributed by atoms with E-state index in [9.17, 15) is 10.2 Å². The molecule has 0 bridgehead atoms. The van der Waals surface area contributed by atoms with Crippen molar-refractivity contribution in [3.05, 3.63) is 29.3 Å². The van der Waals surface area contributed by atoms with E-state index in [0.29, 0.717) is 17.4 Å². The lowest BCUT2D eigenvalue weighted by Gasteiger charge is -2.40. The third-order valence-corrected chi connectivity index (χ3v) is 3.79. The fourth-order valence-corrected chi connectivity index (χ4v) is 2.51. The number of aliphatic hydroxyl groups is 2. The molecule has 0 amide bonds. The van der Waals surface area contributed by atoms with Crippen LogP contribution in [0.5, 0.6) is 5.75 Å². The number of halogens is 1. The van der Waals surface area contributed by atoms with E-state index in [1.165, 1.54) is 0 Å². The van der Waals surface area contributed by atoms with Crippen LogP contribution in [0.2, 0.25) is 5.02 Å². The van der Waals surface area contributed by atoms with Crippen molar-refractivity contribution in [2.45, 2.75) is 44.6 Å². The van der Waals surface area contributed by atoms with E-state index in [2.05, 4.69) is 0 Å². The quantitative estimate of drug-likeness (QED) is 0.792. The molecule has 6 nitrogen and oxygen atoms in total. The molecule has 0 radical (unpaired) electrons. The molecule has 0 saturated carbocycles. The fraction of sp³-hybridized carbons (Fsp3) is 0.533. The third-order valence-electron chi connectivity index (χ3n) is 3.36. The van der Waals surface area contributed by atoms with Gasteiger partial charge in [-0.05, 0) is 38.1 Å². The van der Waals surface area contributed by atoms with E-state index >= 15 is 0 Å². The summed E-state index contributed by atoms with van der Waals surface area (Å²) in [5, 5.41) is 20.7. The second-order valence-corrected chi connectivity index (χ2v) is 5.80. The Morgan fingerprint density at radius 1 is 1.26 bits per heavy atom. The Hall–Kier alpha value is -0.960. The highest BCUT2D eigenvalue weighted by molar-refractivity contribution is 7.79. The number of hydrogen-bond donors (Lipinski definition) is 2. The van der Waals surface area contributed by atoms with Crippen molar-refractivity contribution in [2.75, 3.05) is 6.61 Å². The Balaban J connectivity index is 2.00. The van der Waals surface area contributed by atoms with E-state index in [-0.39, 0.29) is 5.24 Å². The molecular formula is C15H19ClO6S. The smallest absolute Gasteiger partial charge is 0.358 e. The summed E-state index contributed by atoms with van der Waals surface area (Å²) in [6.07, 6.45) is -4.78. The molecule has 1 aromatic rings. The van der Waals surface area contributed by atoms with Crippen molar-refractivity contribution in [3.63, 3.8) is 0 Å². The molecule has 0 spiro atoms. The molecule has 1 heterocycles. The molecule has 1 aromatic carbocycles. The molecule has 128 valence electrons. The Bertz CT molecular complexity index is 525. The molecule has 0 unspecified atom stereocenters. The molecule has 0 aliphatic carbocycles. The molecule has 8 heteroatoms. The largest absolute Gasteiger partial charge is 0.447 e. The Kier molecular flexibility index (Phi) is 6.58. The topological polar surface area (TPSA) is 77.4 Å². The fourth-order valence-electron chi connectivity index (χ4n) is 2.17. The van der Waals surface area contributed by atoms with Gasteiger partial charge in [0.2, 0.25) is 0 Å².